The molecule has 0 fully saturated rings. The number of halogens is 6. The van der Waals surface area contributed by atoms with Gasteiger partial charge in [0, 0.05) is 0 Å². The second-order valence-electron chi connectivity index (χ2n) is 3.79. The molecule has 0 radical (unpaired) electrons. The van der Waals surface area contributed by atoms with Crippen LogP contribution in [0, 0.1) is 5.82 Å². The molecule has 1 rings (SSSR count). The first kappa shape index (κ1) is 17.0. The minimum Gasteiger partial charge on any atom is -0.461 e. The summed E-state index contributed by atoms with van der Waals surface area (Å²) in [4.78, 5) is 22.4. The standard InChI is InChI=1S/C12H8F6O3/c1-2-21-10(20)11(14,15)9(19)6-4-3-5-7(8(6)13)12(16,17)18/h3-5H,2H2,1H3. The highest BCUT2D eigenvalue weighted by Gasteiger charge is 2.51. The van der Waals surface area contributed by atoms with E-state index >= 15 is 0 Å². The number of carbonyl (C=O) groups is 2. The Labute approximate surface area is 114 Å². The zero-order chi connectivity index (χ0) is 16.4. The maximum atomic E-state index is 13.6. The third-order valence-electron chi connectivity index (χ3n) is 2.37. The number of Topliss-reactive ketones (excluding diaryl/α,β-unsaturated/α-hetero) is 1. The first-order chi connectivity index (χ1) is 9.53. The van der Waals surface area contributed by atoms with Gasteiger partial charge in [-0.15, -0.1) is 0 Å². The van der Waals surface area contributed by atoms with Crippen LogP contribution >= 0.6 is 0 Å². The van der Waals surface area contributed by atoms with Crippen LogP contribution in [0.5, 0.6) is 0 Å². The van der Waals surface area contributed by atoms with E-state index in [1.807, 2.05) is 0 Å². The summed E-state index contributed by atoms with van der Waals surface area (Å²) in [6, 6.07) is 1.30. The van der Waals surface area contributed by atoms with Crippen LogP contribution in [0.3, 0.4) is 0 Å². The summed E-state index contributed by atoms with van der Waals surface area (Å²) in [5.74, 6) is -11.6. The second kappa shape index (κ2) is 5.74. The van der Waals surface area contributed by atoms with E-state index in [-0.39, 0.29) is 6.07 Å². The van der Waals surface area contributed by atoms with E-state index in [1.54, 1.807) is 0 Å². The number of ketones is 1. The van der Waals surface area contributed by atoms with Gasteiger partial charge in [0.1, 0.15) is 5.82 Å². The van der Waals surface area contributed by atoms with Crippen LogP contribution in [0.15, 0.2) is 18.2 Å². The fourth-order valence-corrected chi connectivity index (χ4v) is 1.41. The molecule has 0 aliphatic carbocycles. The van der Waals surface area contributed by atoms with Crippen molar-refractivity contribution >= 4 is 11.8 Å². The molecule has 1 aromatic rings. The molecule has 21 heavy (non-hydrogen) atoms. The van der Waals surface area contributed by atoms with Gasteiger partial charge in [0.25, 0.3) is 0 Å². The van der Waals surface area contributed by atoms with Gasteiger partial charge >= 0.3 is 18.1 Å². The summed E-state index contributed by atoms with van der Waals surface area (Å²) in [6.07, 6.45) is -5.17. The van der Waals surface area contributed by atoms with Crippen LogP contribution in [0.4, 0.5) is 26.3 Å². The van der Waals surface area contributed by atoms with Crippen LogP contribution in [-0.2, 0) is 15.7 Å². The molecular weight excluding hydrogens is 306 g/mol. The van der Waals surface area contributed by atoms with Crippen LogP contribution in [0.25, 0.3) is 0 Å². The molecule has 0 aliphatic heterocycles. The van der Waals surface area contributed by atoms with E-state index in [9.17, 15) is 35.9 Å². The van der Waals surface area contributed by atoms with Gasteiger partial charge in [-0.2, -0.15) is 22.0 Å². The lowest BCUT2D eigenvalue weighted by molar-refractivity contribution is -0.164. The summed E-state index contributed by atoms with van der Waals surface area (Å²) in [7, 11) is 0. The molecular formula is C12H8F6O3. The third-order valence-corrected chi connectivity index (χ3v) is 2.37. The highest BCUT2D eigenvalue weighted by atomic mass is 19.4. The zero-order valence-corrected chi connectivity index (χ0v) is 10.4. The van der Waals surface area contributed by atoms with Gasteiger partial charge in [-0.1, -0.05) is 6.07 Å². The molecule has 0 bridgehead atoms. The van der Waals surface area contributed by atoms with Crippen molar-refractivity contribution < 1.29 is 40.7 Å². The lowest BCUT2D eigenvalue weighted by Crippen LogP contribution is -2.40. The molecule has 9 heteroatoms. The minimum atomic E-state index is -5.17. The molecule has 0 atom stereocenters. The fourth-order valence-electron chi connectivity index (χ4n) is 1.41. The normalized spacial score (nSPS) is 12.1. The Kier molecular flexibility index (Phi) is 4.65. The SMILES string of the molecule is CCOC(=O)C(F)(F)C(=O)c1cccc(C(F)(F)F)c1F. The molecule has 0 aromatic heterocycles. The Balaban J connectivity index is 3.29. The number of carbonyl (C=O) groups excluding carboxylic acids is 2. The van der Waals surface area contributed by atoms with E-state index in [0.29, 0.717) is 12.1 Å². The van der Waals surface area contributed by atoms with Crippen molar-refractivity contribution in [3.8, 4) is 0 Å². The highest BCUT2D eigenvalue weighted by molar-refractivity contribution is 6.14. The molecule has 116 valence electrons. The van der Waals surface area contributed by atoms with Crippen LogP contribution in [-0.4, -0.2) is 24.3 Å². The fraction of sp³-hybridized carbons (Fsp3) is 0.333. The minimum absolute atomic E-state index is 0.286. The maximum absolute atomic E-state index is 13.6. The van der Waals surface area contributed by atoms with Crippen LogP contribution in [0.2, 0.25) is 0 Å². The van der Waals surface area contributed by atoms with Gasteiger partial charge in [0.15, 0.2) is 0 Å². The predicted octanol–water partition coefficient (Wildman–Crippen LogP) is 3.23. The molecule has 0 saturated heterocycles. The Hall–Kier alpha value is -2.06. The van der Waals surface area contributed by atoms with Crippen molar-refractivity contribution in [1.82, 2.24) is 0 Å². The first-order valence-electron chi connectivity index (χ1n) is 5.49. The van der Waals surface area contributed by atoms with E-state index in [2.05, 4.69) is 4.74 Å². The maximum Gasteiger partial charge on any atom is 0.419 e. The van der Waals surface area contributed by atoms with E-state index in [0.717, 1.165) is 0 Å². The molecule has 0 N–H and O–H groups in total. The molecule has 0 spiro atoms. The lowest BCUT2D eigenvalue weighted by Gasteiger charge is -2.15. The quantitative estimate of drug-likeness (QED) is 0.371. The first-order valence-corrected chi connectivity index (χ1v) is 5.49. The lowest BCUT2D eigenvalue weighted by atomic mass is 10.0. The van der Waals surface area contributed by atoms with Gasteiger partial charge in [-0.25, -0.2) is 9.18 Å². The Morgan fingerprint density at radius 3 is 2.19 bits per heavy atom. The summed E-state index contributed by atoms with van der Waals surface area (Å²) >= 11 is 0. The number of benzene rings is 1. The van der Waals surface area contributed by atoms with Crippen molar-refractivity contribution in [2.24, 2.45) is 0 Å². The van der Waals surface area contributed by atoms with Crippen molar-refractivity contribution in [2.75, 3.05) is 6.61 Å². The van der Waals surface area contributed by atoms with Gasteiger partial charge in [0.05, 0.1) is 17.7 Å². The van der Waals surface area contributed by atoms with Gasteiger partial charge in [-0.3, -0.25) is 4.79 Å². The van der Waals surface area contributed by atoms with Crippen LogP contribution < -0.4 is 0 Å². The summed E-state index contributed by atoms with van der Waals surface area (Å²) in [5.41, 5.74) is -3.42. The topological polar surface area (TPSA) is 43.4 Å². The van der Waals surface area contributed by atoms with Gasteiger partial charge < -0.3 is 4.74 Å². The van der Waals surface area contributed by atoms with E-state index < -0.39 is 47.4 Å². The molecule has 0 unspecified atom stereocenters. The largest absolute Gasteiger partial charge is 0.461 e. The average molecular weight is 314 g/mol. The summed E-state index contributed by atoms with van der Waals surface area (Å²) in [6.45, 7) is 0.704. The second-order valence-corrected chi connectivity index (χ2v) is 3.79. The van der Waals surface area contributed by atoms with Crippen molar-refractivity contribution in [2.45, 2.75) is 19.0 Å². The number of esters is 1. The highest BCUT2D eigenvalue weighted by Crippen LogP contribution is 2.34. The Morgan fingerprint density at radius 1 is 1.14 bits per heavy atom. The molecule has 0 amide bonds. The summed E-state index contributed by atoms with van der Waals surface area (Å²) < 4.78 is 81.7. The van der Waals surface area contributed by atoms with Crippen molar-refractivity contribution in [1.29, 1.82) is 0 Å². The number of alkyl halides is 5. The van der Waals surface area contributed by atoms with Crippen molar-refractivity contribution in [3.63, 3.8) is 0 Å². The number of rotatable bonds is 4. The van der Waals surface area contributed by atoms with E-state index in [4.69, 9.17) is 0 Å². The number of hydrogen-bond donors (Lipinski definition) is 0. The van der Waals surface area contributed by atoms with Gasteiger partial charge in [0.2, 0.25) is 5.78 Å². The smallest absolute Gasteiger partial charge is 0.419 e. The van der Waals surface area contributed by atoms with Crippen molar-refractivity contribution in [3.05, 3.63) is 35.1 Å². The summed E-state index contributed by atoms with van der Waals surface area (Å²) in [5, 5.41) is 0. The van der Waals surface area contributed by atoms with Gasteiger partial charge in [-0.05, 0) is 19.1 Å². The molecule has 1 aromatic carbocycles. The van der Waals surface area contributed by atoms with E-state index in [1.165, 1.54) is 6.92 Å². The zero-order valence-electron chi connectivity index (χ0n) is 10.4. The monoisotopic (exact) mass is 314 g/mol. The Morgan fingerprint density at radius 2 is 1.71 bits per heavy atom. The number of hydrogen-bond acceptors (Lipinski definition) is 3. The Bertz CT molecular complexity index is 565. The molecule has 0 aliphatic rings. The average Bonchev–Trinajstić information content (AvgIpc) is 2.37. The molecule has 0 saturated carbocycles. The number of ether oxygens (including phenoxy) is 1. The van der Waals surface area contributed by atoms with Crippen LogP contribution in [0.1, 0.15) is 22.8 Å². The predicted molar refractivity (Wildman–Crippen MR) is 57.3 cm³/mol. The molecule has 0 heterocycles. The third kappa shape index (κ3) is 3.34. The molecule has 3 nitrogen and oxygen atoms in total.